The zero-order valence-electron chi connectivity index (χ0n) is 14.6. The van der Waals surface area contributed by atoms with Crippen LogP contribution in [0.15, 0.2) is 36.5 Å². The fourth-order valence-corrected chi connectivity index (χ4v) is 3.46. The Labute approximate surface area is 154 Å². The van der Waals surface area contributed by atoms with Crippen LogP contribution >= 0.6 is 11.6 Å². The topological polar surface area (TPSA) is 50.2 Å². The van der Waals surface area contributed by atoms with Crippen LogP contribution in [0, 0.1) is 6.92 Å². The molecule has 134 valence electrons. The molecule has 1 aromatic heterocycles. The maximum Gasteiger partial charge on any atom is 0.221 e. The monoisotopic (exact) mass is 360 g/mol. The van der Waals surface area contributed by atoms with Gasteiger partial charge in [0.1, 0.15) is 0 Å². The van der Waals surface area contributed by atoms with Gasteiger partial charge in [0, 0.05) is 36.4 Å². The molecule has 5 nitrogen and oxygen atoms in total. The van der Waals surface area contributed by atoms with Gasteiger partial charge in [0.05, 0.1) is 6.04 Å². The van der Waals surface area contributed by atoms with Gasteiger partial charge in [-0.3, -0.25) is 14.4 Å². The summed E-state index contributed by atoms with van der Waals surface area (Å²) in [6.07, 6.45) is 4.64. The van der Waals surface area contributed by atoms with Gasteiger partial charge in [0.2, 0.25) is 5.91 Å². The Morgan fingerprint density at radius 3 is 2.60 bits per heavy atom. The molecule has 1 amide bonds. The number of carbonyl (C=O) groups is 1. The number of likely N-dealkylation sites (tertiary alicyclic amines) is 1. The molecule has 3 rings (SSSR count). The molecular formula is C19H25ClN4O. The second kappa shape index (κ2) is 8.50. The number of nitrogens with zero attached hydrogens (tertiary/aromatic N) is 3. The Hall–Kier alpha value is -1.85. The highest BCUT2D eigenvalue weighted by molar-refractivity contribution is 6.30. The molecular weight excluding hydrogens is 336 g/mol. The van der Waals surface area contributed by atoms with Gasteiger partial charge in [-0.25, -0.2) is 0 Å². The SMILES string of the molecule is Cc1ccnn1CCC(=O)NC[C@@H](c1ccc(Cl)cc1)N1CCCC1. The van der Waals surface area contributed by atoms with E-state index in [2.05, 4.69) is 27.4 Å². The van der Waals surface area contributed by atoms with Crippen molar-refractivity contribution in [2.75, 3.05) is 19.6 Å². The minimum atomic E-state index is 0.0630. The Balaban J connectivity index is 1.57. The third kappa shape index (κ3) is 4.83. The third-order valence-electron chi connectivity index (χ3n) is 4.81. The lowest BCUT2D eigenvalue weighted by Gasteiger charge is -2.28. The molecule has 1 N–H and O–H groups in total. The zero-order valence-corrected chi connectivity index (χ0v) is 15.4. The van der Waals surface area contributed by atoms with Crippen LogP contribution in [0.3, 0.4) is 0 Å². The molecule has 0 spiro atoms. The predicted molar refractivity (Wildman–Crippen MR) is 99.6 cm³/mol. The molecule has 0 unspecified atom stereocenters. The standard InChI is InChI=1S/C19H25ClN4O/c1-15-8-10-22-24(15)13-9-19(25)21-14-18(23-11-2-3-12-23)16-4-6-17(20)7-5-16/h4-8,10,18H,2-3,9,11-14H2,1H3,(H,21,25)/t18-/m0/s1. The second-order valence-corrected chi connectivity index (χ2v) is 7.00. The quantitative estimate of drug-likeness (QED) is 0.825. The van der Waals surface area contributed by atoms with Crippen molar-refractivity contribution in [1.29, 1.82) is 0 Å². The number of rotatable bonds is 7. The van der Waals surface area contributed by atoms with Gasteiger partial charge >= 0.3 is 0 Å². The third-order valence-corrected chi connectivity index (χ3v) is 5.06. The summed E-state index contributed by atoms with van der Waals surface area (Å²) in [5.41, 5.74) is 2.28. The molecule has 2 aromatic rings. The first-order valence-corrected chi connectivity index (χ1v) is 9.26. The molecule has 1 aliphatic heterocycles. The van der Waals surface area contributed by atoms with Crippen LogP contribution in [0.4, 0.5) is 0 Å². The van der Waals surface area contributed by atoms with Gasteiger partial charge in [-0.2, -0.15) is 5.10 Å². The van der Waals surface area contributed by atoms with Crippen molar-refractivity contribution in [3.8, 4) is 0 Å². The normalized spacial score (nSPS) is 16.1. The van der Waals surface area contributed by atoms with Crippen LogP contribution in [0.2, 0.25) is 5.02 Å². The van der Waals surface area contributed by atoms with Crippen LogP contribution in [0.1, 0.15) is 36.6 Å². The Bertz CT molecular complexity index is 692. The summed E-state index contributed by atoms with van der Waals surface area (Å²) in [5, 5.41) is 8.06. The molecule has 25 heavy (non-hydrogen) atoms. The highest BCUT2D eigenvalue weighted by Crippen LogP contribution is 2.25. The number of nitrogens with one attached hydrogen (secondary N) is 1. The lowest BCUT2D eigenvalue weighted by Crippen LogP contribution is -2.37. The number of hydrogen-bond acceptors (Lipinski definition) is 3. The van der Waals surface area contributed by atoms with Crippen molar-refractivity contribution in [3.63, 3.8) is 0 Å². The number of aryl methyl sites for hydroxylation is 2. The number of aromatic nitrogens is 2. The van der Waals surface area contributed by atoms with Crippen molar-refractivity contribution < 1.29 is 4.79 Å². The number of carbonyl (C=O) groups excluding carboxylic acids is 1. The first-order valence-electron chi connectivity index (χ1n) is 8.88. The molecule has 0 radical (unpaired) electrons. The molecule has 0 bridgehead atoms. The predicted octanol–water partition coefficient (Wildman–Crippen LogP) is 3.19. The Morgan fingerprint density at radius 2 is 1.96 bits per heavy atom. The second-order valence-electron chi connectivity index (χ2n) is 6.56. The molecule has 1 aliphatic rings. The van der Waals surface area contributed by atoms with E-state index >= 15 is 0 Å². The van der Waals surface area contributed by atoms with Crippen LogP contribution in [-0.4, -0.2) is 40.2 Å². The highest BCUT2D eigenvalue weighted by atomic mass is 35.5. The summed E-state index contributed by atoms with van der Waals surface area (Å²) in [6.45, 7) is 5.39. The Morgan fingerprint density at radius 1 is 1.24 bits per heavy atom. The number of hydrogen-bond donors (Lipinski definition) is 1. The van der Waals surface area contributed by atoms with E-state index in [9.17, 15) is 4.79 Å². The first-order chi connectivity index (χ1) is 12.1. The molecule has 0 aliphatic carbocycles. The summed E-state index contributed by atoms with van der Waals surface area (Å²) in [4.78, 5) is 14.7. The van der Waals surface area contributed by atoms with Crippen molar-refractivity contribution in [1.82, 2.24) is 20.0 Å². The lowest BCUT2D eigenvalue weighted by atomic mass is 10.1. The van der Waals surface area contributed by atoms with Crippen molar-refractivity contribution in [3.05, 3.63) is 52.8 Å². The van der Waals surface area contributed by atoms with Crippen LogP contribution in [0.25, 0.3) is 0 Å². The fourth-order valence-electron chi connectivity index (χ4n) is 3.34. The number of amides is 1. The van der Waals surface area contributed by atoms with Crippen molar-refractivity contribution in [2.24, 2.45) is 0 Å². The fraction of sp³-hybridized carbons (Fsp3) is 0.474. The molecule has 2 heterocycles. The summed E-state index contributed by atoms with van der Waals surface area (Å²) < 4.78 is 1.86. The first kappa shape index (κ1) is 18.0. The number of halogens is 1. The molecule has 0 saturated carbocycles. The summed E-state index contributed by atoms with van der Waals surface area (Å²) >= 11 is 6.01. The largest absolute Gasteiger partial charge is 0.354 e. The maximum absolute atomic E-state index is 12.3. The van der Waals surface area contributed by atoms with E-state index in [0.717, 1.165) is 23.8 Å². The van der Waals surface area contributed by atoms with E-state index in [1.165, 1.54) is 18.4 Å². The maximum atomic E-state index is 12.3. The van der Waals surface area contributed by atoms with E-state index in [0.29, 0.717) is 19.5 Å². The average Bonchev–Trinajstić information content (AvgIpc) is 3.27. The van der Waals surface area contributed by atoms with Crippen molar-refractivity contribution in [2.45, 2.75) is 38.8 Å². The van der Waals surface area contributed by atoms with Crippen LogP contribution in [-0.2, 0) is 11.3 Å². The van der Waals surface area contributed by atoms with E-state index in [4.69, 9.17) is 11.6 Å². The van der Waals surface area contributed by atoms with Crippen LogP contribution in [0.5, 0.6) is 0 Å². The lowest BCUT2D eigenvalue weighted by molar-refractivity contribution is -0.121. The van der Waals surface area contributed by atoms with E-state index in [1.807, 2.05) is 29.8 Å². The van der Waals surface area contributed by atoms with Gasteiger partial charge in [-0.05, 0) is 56.6 Å². The number of benzene rings is 1. The zero-order chi connectivity index (χ0) is 17.6. The van der Waals surface area contributed by atoms with E-state index in [1.54, 1.807) is 6.20 Å². The van der Waals surface area contributed by atoms with Gasteiger partial charge in [0.15, 0.2) is 0 Å². The summed E-state index contributed by atoms with van der Waals surface area (Å²) in [7, 11) is 0. The molecule has 1 aromatic carbocycles. The van der Waals surface area contributed by atoms with E-state index < -0.39 is 0 Å². The molecule has 6 heteroatoms. The highest BCUT2D eigenvalue weighted by Gasteiger charge is 2.23. The van der Waals surface area contributed by atoms with Crippen molar-refractivity contribution >= 4 is 17.5 Å². The summed E-state index contributed by atoms with van der Waals surface area (Å²) in [5.74, 6) is 0.0630. The van der Waals surface area contributed by atoms with E-state index in [-0.39, 0.29) is 11.9 Å². The molecule has 1 fully saturated rings. The van der Waals surface area contributed by atoms with Gasteiger partial charge in [-0.1, -0.05) is 23.7 Å². The van der Waals surface area contributed by atoms with Gasteiger partial charge < -0.3 is 5.32 Å². The molecule has 1 saturated heterocycles. The smallest absolute Gasteiger partial charge is 0.221 e. The summed E-state index contributed by atoms with van der Waals surface area (Å²) in [6, 6.07) is 10.1. The average molecular weight is 361 g/mol. The minimum absolute atomic E-state index is 0.0630. The van der Waals surface area contributed by atoms with Gasteiger partial charge in [-0.15, -0.1) is 0 Å². The molecule has 1 atom stereocenters. The van der Waals surface area contributed by atoms with Gasteiger partial charge in [0.25, 0.3) is 0 Å². The van der Waals surface area contributed by atoms with Crippen LogP contribution < -0.4 is 5.32 Å². The Kier molecular flexibility index (Phi) is 6.10. The minimum Gasteiger partial charge on any atom is -0.354 e.